The Kier molecular flexibility index (Phi) is 5.30. The number of benzene rings is 1. The highest BCUT2D eigenvalue weighted by Gasteiger charge is 2.36. The molecule has 0 saturated carbocycles. The van der Waals surface area contributed by atoms with E-state index in [0.29, 0.717) is 41.5 Å². The SMILES string of the molecule is Cc1c([C@H](NC(=O)Nc2cnc(N3CC(C)(N)C3)nc2)C(C)C)oc2ccc(F)cc12. The summed E-state index contributed by atoms with van der Waals surface area (Å²) in [6.07, 6.45) is 3.13. The van der Waals surface area contributed by atoms with E-state index in [1.165, 1.54) is 12.1 Å². The molecule has 1 atom stereocenters. The van der Waals surface area contributed by atoms with Gasteiger partial charge in [0.1, 0.15) is 17.2 Å². The van der Waals surface area contributed by atoms with Crippen molar-refractivity contribution in [3.63, 3.8) is 0 Å². The topological polar surface area (TPSA) is 109 Å². The number of hydrogen-bond donors (Lipinski definition) is 3. The zero-order valence-electron chi connectivity index (χ0n) is 18.1. The van der Waals surface area contributed by atoms with E-state index in [1.54, 1.807) is 18.5 Å². The van der Waals surface area contributed by atoms with Crippen molar-refractivity contribution in [3.05, 3.63) is 47.7 Å². The molecule has 3 heterocycles. The Balaban J connectivity index is 1.45. The molecular weight excluding hydrogens is 399 g/mol. The Hall–Kier alpha value is -3.20. The summed E-state index contributed by atoms with van der Waals surface area (Å²) in [6.45, 7) is 9.19. The molecule has 0 spiro atoms. The van der Waals surface area contributed by atoms with Crippen LogP contribution in [-0.4, -0.2) is 34.6 Å². The number of anilines is 2. The van der Waals surface area contributed by atoms with Gasteiger partial charge in [0, 0.05) is 29.6 Å². The van der Waals surface area contributed by atoms with E-state index in [-0.39, 0.29) is 23.3 Å². The first-order valence-electron chi connectivity index (χ1n) is 10.2. The molecule has 2 amide bonds. The predicted molar refractivity (Wildman–Crippen MR) is 117 cm³/mol. The van der Waals surface area contributed by atoms with Crippen LogP contribution in [-0.2, 0) is 0 Å². The first-order chi connectivity index (χ1) is 14.6. The number of aromatic nitrogens is 2. The fraction of sp³-hybridized carbons (Fsp3) is 0.409. The lowest BCUT2D eigenvalue weighted by Crippen LogP contribution is -2.66. The molecule has 1 aliphatic rings. The number of rotatable bonds is 5. The van der Waals surface area contributed by atoms with Crippen LogP contribution in [0.15, 0.2) is 35.0 Å². The van der Waals surface area contributed by atoms with Crippen LogP contribution >= 0.6 is 0 Å². The Morgan fingerprint density at radius 1 is 1.29 bits per heavy atom. The molecule has 1 aromatic carbocycles. The summed E-state index contributed by atoms with van der Waals surface area (Å²) in [5.74, 6) is 0.914. The van der Waals surface area contributed by atoms with E-state index in [4.69, 9.17) is 10.2 Å². The first kappa shape index (κ1) is 21.0. The Morgan fingerprint density at radius 2 is 1.97 bits per heavy atom. The van der Waals surface area contributed by atoms with Gasteiger partial charge in [-0.25, -0.2) is 19.2 Å². The number of fused-ring (bicyclic) bond motifs is 1. The molecule has 4 rings (SSSR count). The summed E-state index contributed by atoms with van der Waals surface area (Å²) < 4.78 is 19.6. The number of urea groups is 1. The van der Waals surface area contributed by atoms with Crippen molar-refractivity contribution < 1.29 is 13.6 Å². The minimum absolute atomic E-state index is 0.0467. The smallest absolute Gasteiger partial charge is 0.319 e. The standard InChI is InChI=1S/C22H27FN6O2/c1-12(2)18(19-13(3)16-7-14(23)5-6-17(16)31-19)28-21(30)27-15-8-25-20(26-9-15)29-10-22(4,24)11-29/h5-9,12,18H,10-11,24H2,1-4H3,(H2,27,28,30)/t18-/m1/s1. The predicted octanol–water partition coefficient (Wildman–Crippen LogP) is 3.73. The molecule has 1 aliphatic heterocycles. The van der Waals surface area contributed by atoms with E-state index < -0.39 is 6.03 Å². The van der Waals surface area contributed by atoms with Crippen molar-refractivity contribution in [2.45, 2.75) is 39.3 Å². The number of nitrogens with two attached hydrogens (primary N) is 1. The fourth-order valence-electron chi connectivity index (χ4n) is 3.87. The van der Waals surface area contributed by atoms with Gasteiger partial charge in [-0.1, -0.05) is 13.8 Å². The molecule has 164 valence electrons. The van der Waals surface area contributed by atoms with Crippen molar-refractivity contribution in [1.82, 2.24) is 15.3 Å². The molecular formula is C22H27FN6O2. The van der Waals surface area contributed by atoms with Gasteiger partial charge in [-0.05, 0) is 38.0 Å². The van der Waals surface area contributed by atoms with Crippen LogP contribution in [0, 0.1) is 18.7 Å². The Labute approximate surface area is 180 Å². The highest BCUT2D eigenvalue weighted by atomic mass is 19.1. The van der Waals surface area contributed by atoms with Gasteiger partial charge in [0.2, 0.25) is 5.95 Å². The first-order valence-corrected chi connectivity index (χ1v) is 10.2. The van der Waals surface area contributed by atoms with Crippen LogP contribution in [0.2, 0.25) is 0 Å². The number of nitrogens with zero attached hydrogens (tertiary/aromatic N) is 3. The van der Waals surface area contributed by atoms with Crippen molar-refractivity contribution in [3.8, 4) is 0 Å². The number of carbonyl (C=O) groups excluding carboxylic acids is 1. The lowest BCUT2D eigenvalue weighted by atomic mass is 9.94. The summed E-state index contributed by atoms with van der Waals surface area (Å²) >= 11 is 0. The zero-order chi connectivity index (χ0) is 22.3. The van der Waals surface area contributed by atoms with Crippen LogP contribution in [0.5, 0.6) is 0 Å². The fourth-order valence-corrected chi connectivity index (χ4v) is 3.87. The molecule has 0 radical (unpaired) electrons. The molecule has 0 aliphatic carbocycles. The van der Waals surface area contributed by atoms with E-state index in [2.05, 4.69) is 20.6 Å². The largest absolute Gasteiger partial charge is 0.459 e. The molecule has 0 bridgehead atoms. The second-order valence-electron chi connectivity index (χ2n) is 8.83. The van der Waals surface area contributed by atoms with Gasteiger partial charge in [0.05, 0.1) is 24.1 Å². The van der Waals surface area contributed by atoms with Gasteiger partial charge in [-0.3, -0.25) is 0 Å². The monoisotopic (exact) mass is 426 g/mol. The number of hydrogen-bond acceptors (Lipinski definition) is 6. The number of halogens is 1. The molecule has 8 nitrogen and oxygen atoms in total. The van der Waals surface area contributed by atoms with Gasteiger partial charge < -0.3 is 25.7 Å². The average molecular weight is 426 g/mol. The van der Waals surface area contributed by atoms with Gasteiger partial charge in [-0.15, -0.1) is 0 Å². The van der Waals surface area contributed by atoms with Crippen molar-refractivity contribution in [1.29, 1.82) is 0 Å². The number of aryl methyl sites for hydroxylation is 1. The van der Waals surface area contributed by atoms with E-state index in [1.807, 2.05) is 32.6 Å². The number of nitrogens with one attached hydrogen (secondary N) is 2. The maximum atomic E-state index is 13.6. The molecule has 0 unspecified atom stereocenters. The molecule has 1 fully saturated rings. The summed E-state index contributed by atoms with van der Waals surface area (Å²) in [7, 11) is 0. The third-order valence-electron chi connectivity index (χ3n) is 5.45. The zero-order valence-corrected chi connectivity index (χ0v) is 18.1. The quantitative estimate of drug-likeness (QED) is 0.574. The minimum Gasteiger partial charge on any atom is -0.459 e. The Morgan fingerprint density at radius 3 is 2.58 bits per heavy atom. The summed E-state index contributed by atoms with van der Waals surface area (Å²) in [5.41, 5.74) is 7.67. The molecule has 31 heavy (non-hydrogen) atoms. The lowest BCUT2D eigenvalue weighted by molar-refractivity contribution is 0.241. The lowest BCUT2D eigenvalue weighted by Gasteiger charge is -2.45. The molecule has 2 aromatic heterocycles. The molecule has 9 heteroatoms. The number of amides is 2. The van der Waals surface area contributed by atoms with E-state index in [0.717, 1.165) is 5.56 Å². The molecule has 4 N–H and O–H groups in total. The second-order valence-corrected chi connectivity index (χ2v) is 8.83. The van der Waals surface area contributed by atoms with Crippen molar-refractivity contribution in [2.24, 2.45) is 11.7 Å². The maximum absolute atomic E-state index is 13.6. The van der Waals surface area contributed by atoms with Gasteiger partial charge in [0.15, 0.2) is 0 Å². The maximum Gasteiger partial charge on any atom is 0.319 e. The number of carbonyl (C=O) groups is 1. The van der Waals surface area contributed by atoms with Crippen LogP contribution in [0.3, 0.4) is 0 Å². The van der Waals surface area contributed by atoms with Crippen molar-refractivity contribution in [2.75, 3.05) is 23.3 Å². The number of furan rings is 1. The third kappa shape index (κ3) is 4.32. The van der Waals surface area contributed by atoms with Crippen LogP contribution in [0.25, 0.3) is 11.0 Å². The summed E-state index contributed by atoms with van der Waals surface area (Å²) in [6, 6.07) is 3.61. The normalized spacial score (nSPS) is 16.3. The molecule has 1 saturated heterocycles. The highest BCUT2D eigenvalue weighted by Crippen LogP contribution is 2.33. The van der Waals surface area contributed by atoms with E-state index >= 15 is 0 Å². The highest BCUT2D eigenvalue weighted by molar-refractivity contribution is 5.89. The van der Waals surface area contributed by atoms with Crippen LogP contribution in [0.1, 0.15) is 38.1 Å². The van der Waals surface area contributed by atoms with Crippen LogP contribution in [0.4, 0.5) is 20.8 Å². The van der Waals surface area contributed by atoms with Gasteiger partial charge >= 0.3 is 6.03 Å². The molecule has 3 aromatic rings. The average Bonchev–Trinajstić information content (AvgIpc) is 3.00. The van der Waals surface area contributed by atoms with E-state index in [9.17, 15) is 9.18 Å². The third-order valence-corrected chi connectivity index (χ3v) is 5.45. The van der Waals surface area contributed by atoms with Gasteiger partial charge in [-0.2, -0.15) is 0 Å². The van der Waals surface area contributed by atoms with Crippen molar-refractivity contribution >= 4 is 28.6 Å². The second kappa shape index (κ2) is 7.81. The minimum atomic E-state index is -0.403. The van der Waals surface area contributed by atoms with Gasteiger partial charge in [0.25, 0.3) is 0 Å². The Bertz CT molecular complexity index is 1100. The summed E-state index contributed by atoms with van der Waals surface area (Å²) in [5, 5.41) is 6.41. The van der Waals surface area contributed by atoms with Crippen LogP contribution < -0.4 is 21.3 Å². The summed E-state index contributed by atoms with van der Waals surface area (Å²) in [4.78, 5) is 23.2.